The summed E-state index contributed by atoms with van der Waals surface area (Å²) in [6.07, 6.45) is 1.63. The molecule has 4 rings (SSSR count). The van der Waals surface area contributed by atoms with E-state index in [0.29, 0.717) is 17.0 Å². The zero-order valence-electron chi connectivity index (χ0n) is 16.5. The highest BCUT2D eigenvalue weighted by molar-refractivity contribution is 9.10. The highest BCUT2D eigenvalue weighted by Crippen LogP contribution is 2.30. The quantitative estimate of drug-likeness (QED) is 0.342. The number of halogens is 1. The van der Waals surface area contributed by atoms with Crippen LogP contribution in [-0.4, -0.2) is 16.3 Å². The number of aromatic nitrogens is 1. The molecule has 0 radical (unpaired) electrons. The summed E-state index contributed by atoms with van der Waals surface area (Å²) >= 11 is 3.40. The Hall–Kier alpha value is -2.92. The molecular formula is C24H21BrN2O2. The van der Waals surface area contributed by atoms with Gasteiger partial charge in [-0.25, -0.2) is 4.98 Å². The molecule has 5 heteroatoms. The molecule has 146 valence electrons. The van der Waals surface area contributed by atoms with Crippen molar-refractivity contribution in [3.63, 3.8) is 0 Å². The van der Waals surface area contributed by atoms with E-state index in [1.807, 2.05) is 36.4 Å². The van der Waals surface area contributed by atoms with Crippen LogP contribution in [0.25, 0.3) is 22.6 Å². The predicted octanol–water partition coefficient (Wildman–Crippen LogP) is 7.01. The van der Waals surface area contributed by atoms with Crippen LogP contribution in [0.3, 0.4) is 0 Å². The Morgan fingerprint density at radius 1 is 1.00 bits per heavy atom. The minimum absolute atomic E-state index is 0.107. The van der Waals surface area contributed by atoms with Gasteiger partial charge in [0.15, 0.2) is 5.58 Å². The second kappa shape index (κ2) is 7.48. The first-order valence-electron chi connectivity index (χ1n) is 9.34. The van der Waals surface area contributed by atoms with E-state index in [1.165, 1.54) is 5.56 Å². The number of phenolic OH excluding ortho intramolecular Hbond substituents is 1. The molecule has 0 saturated carbocycles. The molecule has 0 saturated heterocycles. The van der Waals surface area contributed by atoms with Crippen molar-refractivity contribution in [2.75, 3.05) is 0 Å². The van der Waals surface area contributed by atoms with Gasteiger partial charge in [-0.1, -0.05) is 48.8 Å². The maximum absolute atomic E-state index is 9.94. The van der Waals surface area contributed by atoms with E-state index in [0.717, 1.165) is 21.2 Å². The molecule has 0 atom stereocenters. The van der Waals surface area contributed by atoms with Crippen LogP contribution in [-0.2, 0) is 5.41 Å². The summed E-state index contributed by atoms with van der Waals surface area (Å²) in [7, 11) is 0. The van der Waals surface area contributed by atoms with Crippen LogP contribution in [0.5, 0.6) is 5.75 Å². The van der Waals surface area contributed by atoms with Gasteiger partial charge in [-0.2, -0.15) is 0 Å². The third-order valence-corrected chi connectivity index (χ3v) is 5.21. The number of fused-ring (bicyclic) bond motifs is 1. The Kier molecular flexibility index (Phi) is 5.01. The molecule has 1 aromatic heterocycles. The molecule has 0 unspecified atom stereocenters. The highest BCUT2D eigenvalue weighted by atomic mass is 79.9. The maximum atomic E-state index is 9.94. The van der Waals surface area contributed by atoms with Crippen molar-refractivity contribution in [2.45, 2.75) is 26.2 Å². The fourth-order valence-corrected chi connectivity index (χ4v) is 3.38. The van der Waals surface area contributed by atoms with Crippen molar-refractivity contribution in [2.24, 2.45) is 4.99 Å². The molecule has 0 spiro atoms. The van der Waals surface area contributed by atoms with E-state index >= 15 is 0 Å². The first-order chi connectivity index (χ1) is 13.8. The number of aromatic hydroxyl groups is 1. The lowest BCUT2D eigenvalue weighted by Crippen LogP contribution is -2.10. The SMILES string of the molecule is CC(C)(C)c1ccc(-c2nc3ccc(N=Cc4cc(Br)ccc4O)cc3o2)cc1. The first kappa shape index (κ1) is 19.4. The zero-order valence-corrected chi connectivity index (χ0v) is 18.1. The summed E-state index contributed by atoms with van der Waals surface area (Å²) in [6, 6.07) is 19.1. The minimum atomic E-state index is 0.107. The summed E-state index contributed by atoms with van der Waals surface area (Å²) in [4.78, 5) is 9.05. The van der Waals surface area contributed by atoms with Gasteiger partial charge in [0, 0.05) is 27.9 Å². The van der Waals surface area contributed by atoms with Gasteiger partial charge >= 0.3 is 0 Å². The lowest BCUT2D eigenvalue weighted by atomic mass is 9.87. The number of benzene rings is 3. The van der Waals surface area contributed by atoms with Gasteiger partial charge in [0.1, 0.15) is 11.3 Å². The Labute approximate surface area is 178 Å². The van der Waals surface area contributed by atoms with Crippen LogP contribution >= 0.6 is 15.9 Å². The van der Waals surface area contributed by atoms with E-state index in [2.05, 4.69) is 58.8 Å². The molecule has 0 aliphatic carbocycles. The molecule has 29 heavy (non-hydrogen) atoms. The largest absolute Gasteiger partial charge is 0.507 e. The zero-order chi connectivity index (χ0) is 20.6. The number of hydrogen-bond acceptors (Lipinski definition) is 4. The van der Waals surface area contributed by atoms with Gasteiger partial charge in [0.05, 0.1) is 5.69 Å². The van der Waals surface area contributed by atoms with Gasteiger partial charge in [-0.05, 0) is 53.4 Å². The van der Waals surface area contributed by atoms with Crippen LogP contribution in [0, 0.1) is 0 Å². The third kappa shape index (κ3) is 4.25. The monoisotopic (exact) mass is 448 g/mol. The Morgan fingerprint density at radius 3 is 2.48 bits per heavy atom. The fourth-order valence-electron chi connectivity index (χ4n) is 3.00. The van der Waals surface area contributed by atoms with Gasteiger partial charge in [-0.3, -0.25) is 4.99 Å². The van der Waals surface area contributed by atoms with Crippen LogP contribution in [0.1, 0.15) is 31.9 Å². The fraction of sp³-hybridized carbons (Fsp3) is 0.167. The predicted molar refractivity (Wildman–Crippen MR) is 121 cm³/mol. The van der Waals surface area contributed by atoms with Crippen LogP contribution in [0.15, 0.2) is 74.5 Å². The van der Waals surface area contributed by atoms with E-state index in [-0.39, 0.29) is 11.2 Å². The maximum Gasteiger partial charge on any atom is 0.227 e. The van der Waals surface area contributed by atoms with Gasteiger partial charge in [-0.15, -0.1) is 0 Å². The number of rotatable bonds is 3. The van der Waals surface area contributed by atoms with E-state index < -0.39 is 0 Å². The molecule has 0 amide bonds. The van der Waals surface area contributed by atoms with E-state index in [9.17, 15) is 5.11 Å². The topological polar surface area (TPSA) is 58.6 Å². The molecule has 1 N–H and O–H groups in total. The Balaban J connectivity index is 1.62. The molecule has 0 aliphatic rings. The first-order valence-corrected chi connectivity index (χ1v) is 10.1. The normalized spacial score (nSPS) is 12.1. The highest BCUT2D eigenvalue weighted by Gasteiger charge is 2.14. The third-order valence-electron chi connectivity index (χ3n) is 4.71. The summed E-state index contributed by atoms with van der Waals surface area (Å²) in [6.45, 7) is 6.58. The van der Waals surface area contributed by atoms with E-state index in [4.69, 9.17) is 4.42 Å². The average molecular weight is 449 g/mol. The van der Waals surface area contributed by atoms with Crippen molar-refractivity contribution < 1.29 is 9.52 Å². The second-order valence-corrected chi connectivity index (χ2v) is 8.88. The van der Waals surface area contributed by atoms with Gasteiger partial charge < -0.3 is 9.52 Å². The van der Waals surface area contributed by atoms with Crippen molar-refractivity contribution in [3.05, 3.63) is 76.3 Å². The number of oxazole rings is 1. The molecule has 4 aromatic rings. The summed E-state index contributed by atoms with van der Waals surface area (Å²) in [5.41, 5.74) is 5.13. The molecule has 0 bridgehead atoms. The minimum Gasteiger partial charge on any atom is -0.507 e. The number of phenols is 1. The summed E-state index contributed by atoms with van der Waals surface area (Å²) in [5, 5.41) is 9.94. The molecule has 0 fully saturated rings. The molecule has 1 heterocycles. The smallest absolute Gasteiger partial charge is 0.227 e. The van der Waals surface area contributed by atoms with Crippen molar-refractivity contribution >= 4 is 38.9 Å². The molecule has 4 nitrogen and oxygen atoms in total. The van der Waals surface area contributed by atoms with Crippen molar-refractivity contribution in [3.8, 4) is 17.2 Å². The van der Waals surface area contributed by atoms with Crippen molar-refractivity contribution in [1.82, 2.24) is 4.98 Å². The second-order valence-electron chi connectivity index (χ2n) is 7.96. The van der Waals surface area contributed by atoms with Crippen LogP contribution < -0.4 is 0 Å². The van der Waals surface area contributed by atoms with Crippen LogP contribution in [0.2, 0.25) is 0 Å². The Bertz CT molecular complexity index is 1200. The number of nitrogens with zero attached hydrogens (tertiary/aromatic N) is 2. The molecule has 3 aromatic carbocycles. The summed E-state index contributed by atoms with van der Waals surface area (Å²) < 4.78 is 6.85. The average Bonchev–Trinajstić information content (AvgIpc) is 3.11. The Morgan fingerprint density at radius 2 is 1.76 bits per heavy atom. The van der Waals surface area contributed by atoms with Gasteiger partial charge in [0.25, 0.3) is 0 Å². The lowest BCUT2D eigenvalue weighted by Gasteiger charge is -2.18. The lowest BCUT2D eigenvalue weighted by molar-refractivity contribution is 0.474. The van der Waals surface area contributed by atoms with Crippen LogP contribution in [0.4, 0.5) is 5.69 Å². The molecular weight excluding hydrogens is 428 g/mol. The number of hydrogen-bond donors (Lipinski definition) is 1. The molecule has 0 aliphatic heterocycles. The summed E-state index contributed by atoms with van der Waals surface area (Å²) in [5.74, 6) is 0.768. The van der Waals surface area contributed by atoms with Crippen molar-refractivity contribution in [1.29, 1.82) is 0 Å². The number of aliphatic imine (C=N–C) groups is 1. The van der Waals surface area contributed by atoms with E-state index in [1.54, 1.807) is 18.3 Å². The van der Waals surface area contributed by atoms with Gasteiger partial charge in [0.2, 0.25) is 5.89 Å². The standard InChI is InChI=1S/C24H21BrN2O2/c1-24(2,3)17-6-4-15(5-7-17)23-27-20-10-9-19(13-22(20)29-23)26-14-16-12-18(25)8-11-21(16)28/h4-14,28H,1-3H3.